The van der Waals surface area contributed by atoms with E-state index >= 15 is 0 Å². The van der Waals surface area contributed by atoms with Crippen LogP contribution < -0.4 is 10.1 Å². The summed E-state index contributed by atoms with van der Waals surface area (Å²) in [5.74, 6) is 0.638. The second-order valence-corrected chi connectivity index (χ2v) is 10.4. The topological polar surface area (TPSA) is 67.9 Å². The molecule has 0 saturated carbocycles. The minimum absolute atomic E-state index is 0.0418. The monoisotopic (exact) mass is 566 g/mol. The molecule has 0 spiro atoms. The van der Waals surface area contributed by atoms with Crippen molar-refractivity contribution in [3.05, 3.63) is 62.5 Å². The van der Waals surface area contributed by atoms with E-state index in [1.165, 1.54) is 4.90 Å². The minimum atomic E-state index is -0.610. The Labute approximate surface area is 205 Å². The summed E-state index contributed by atoms with van der Waals surface area (Å²) in [5.41, 5.74) is 1.29. The van der Waals surface area contributed by atoms with Crippen molar-refractivity contribution in [2.45, 2.75) is 45.4 Å². The maximum absolute atomic E-state index is 13.1. The number of ether oxygens (including phenoxy) is 2. The van der Waals surface area contributed by atoms with Crippen LogP contribution in [-0.2, 0) is 22.6 Å². The number of halogens is 2. The van der Waals surface area contributed by atoms with Gasteiger partial charge in [-0.25, -0.2) is 4.79 Å². The molecule has 32 heavy (non-hydrogen) atoms. The van der Waals surface area contributed by atoms with Crippen LogP contribution in [0.4, 0.5) is 4.79 Å². The molecule has 1 aliphatic heterocycles. The quantitative estimate of drug-likeness (QED) is 0.525. The van der Waals surface area contributed by atoms with Crippen LogP contribution in [0, 0.1) is 0 Å². The van der Waals surface area contributed by atoms with Crippen LogP contribution in [-0.4, -0.2) is 48.1 Å². The Morgan fingerprint density at radius 3 is 2.38 bits per heavy atom. The van der Waals surface area contributed by atoms with Gasteiger partial charge in [0.2, 0.25) is 0 Å². The summed E-state index contributed by atoms with van der Waals surface area (Å²) in [6.45, 7) is 7.38. The Balaban J connectivity index is 1.69. The van der Waals surface area contributed by atoms with E-state index in [9.17, 15) is 9.59 Å². The lowest BCUT2D eigenvalue weighted by Gasteiger charge is -2.36. The fourth-order valence-electron chi connectivity index (χ4n) is 3.43. The molecule has 0 aliphatic carbocycles. The molecule has 1 atom stereocenters. The fourth-order valence-corrected chi connectivity index (χ4v) is 4.94. The first kappa shape index (κ1) is 24.7. The summed E-state index contributed by atoms with van der Waals surface area (Å²) in [6.07, 6.45) is -0.258. The highest BCUT2D eigenvalue weighted by atomic mass is 79.9. The van der Waals surface area contributed by atoms with Crippen molar-refractivity contribution in [1.29, 1.82) is 0 Å². The van der Waals surface area contributed by atoms with E-state index in [4.69, 9.17) is 9.47 Å². The highest BCUT2D eigenvalue weighted by Crippen LogP contribution is 2.35. The number of nitrogens with zero attached hydrogens (tertiary/aromatic N) is 1. The van der Waals surface area contributed by atoms with E-state index in [0.29, 0.717) is 32.0 Å². The molecule has 1 aliphatic rings. The van der Waals surface area contributed by atoms with Crippen molar-refractivity contribution >= 4 is 43.7 Å². The van der Waals surface area contributed by atoms with Crippen molar-refractivity contribution in [2.75, 3.05) is 19.6 Å². The van der Waals surface area contributed by atoms with Gasteiger partial charge in [-0.1, -0.05) is 30.3 Å². The predicted molar refractivity (Wildman–Crippen MR) is 131 cm³/mol. The van der Waals surface area contributed by atoms with Gasteiger partial charge in [0, 0.05) is 26.1 Å². The number of benzene rings is 2. The average molecular weight is 568 g/mol. The van der Waals surface area contributed by atoms with Gasteiger partial charge >= 0.3 is 6.09 Å². The lowest BCUT2D eigenvalue weighted by molar-refractivity contribution is -0.124. The summed E-state index contributed by atoms with van der Waals surface area (Å²) in [6, 6.07) is 13.1. The average Bonchev–Trinajstić information content (AvgIpc) is 2.72. The Kier molecular flexibility index (Phi) is 8.36. The zero-order valence-electron chi connectivity index (χ0n) is 18.5. The molecule has 1 amide bonds. The summed E-state index contributed by atoms with van der Waals surface area (Å²) in [4.78, 5) is 27.3. The van der Waals surface area contributed by atoms with E-state index in [2.05, 4.69) is 37.2 Å². The molecule has 172 valence electrons. The number of nitrogens with one attached hydrogen (secondary N) is 1. The van der Waals surface area contributed by atoms with Crippen LogP contribution in [0.15, 0.2) is 51.4 Å². The van der Waals surface area contributed by atoms with Crippen molar-refractivity contribution in [3.63, 3.8) is 0 Å². The van der Waals surface area contributed by atoms with Crippen LogP contribution in [0.5, 0.6) is 5.75 Å². The van der Waals surface area contributed by atoms with E-state index in [-0.39, 0.29) is 12.2 Å². The van der Waals surface area contributed by atoms with Gasteiger partial charge in [0.15, 0.2) is 5.78 Å². The SMILES string of the molecule is CC(C)(C)OC(=O)N1CCNCC1C(=O)Cc1cc(Br)c(OCc2ccccc2)c(Br)c1. The maximum Gasteiger partial charge on any atom is 0.410 e. The van der Waals surface area contributed by atoms with Gasteiger partial charge in [-0.05, 0) is 75.9 Å². The maximum atomic E-state index is 13.1. The van der Waals surface area contributed by atoms with Crippen LogP contribution in [0.25, 0.3) is 0 Å². The van der Waals surface area contributed by atoms with Crippen LogP contribution >= 0.6 is 31.9 Å². The van der Waals surface area contributed by atoms with Crippen molar-refractivity contribution in [1.82, 2.24) is 10.2 Å². The van der Waals surface area contributed by atoms with Crippen LogP contribution in [0.2, 0.25) is 0 Å². The second kappa shape index (κ2) is 10.8. The van der Waals surface area contributed by atoms with Gasteiger partial charge in [0.25, 0.3) is 0 Å². The largest absolute Gasteiger partial charge is 0.487 e. The van der Waals surface area contributed by atoms with Crippen molar-refractivity contribution < 1.29 is 19.1 Å². The standard InChI is InChI=1S/C24H28Br2N2O4/c1-24(2,3)32-23(30)28-10-9-27-14-20(28)21(29)13-17-11-18(25)22(19(26)12-17)31-15-16-7-5-4-6-8-16/h4-8,11-12,20,27H,9-10,13-15H2,1-3H3. The number of rotatable bonds is 6. The summed E-state index contributed by atoms with van der Waals surface area (Å²) >= 11 is 7.12. The van der Waals surface area contributed by atoms with Gasteiger partial charge in [-0.2, -0.15) is 0 Å². The molecule has 0 bridgehead atoms. The molecule has 6 nitrogen and oxygen atoms in total. The first-order valence-corrected chi connectivity index (χ1v) is 12.1. The number of amides is 1. The minimum Gasteiger partial charge on any atom is -0.487 e. The Morgan fingerprint density at radius 2 is 1.75 bits per heavy atom. The molecule has 8 heteroatoms. The van der Waals surface area contributed by atoms with E-state index < -0.39 is 17.7 Å². The van der Waals surface area contributed by atoms with Crippen LogP contribution in [0.3, 0.4) is 0 Å². The molecule has 1 heterocycles. The van der Waals surface area contributed by atoms with Crippen molar-refractivity contribution in [2.24, 2.45) is 0 Å². The zero-order valence-corrected chi connectivity index (χ0v) is 21.7. The molecular formula is C24H28Br2N2O4. The number of carbonyl (C=O) groups is 2. The number of carbonyl (C=O) groups excluding carboxylic acids is 2. The fraction of sp³-hybridized carbons (Fsp3) is 0.417. The summed E-state index contributed by atoms with van der Waals surface area (Å²) in [5, 5.41) is 3.20. The van der Waals surface area contributed by atoms with Gasteiger partial charge in [0.05, 0.1) is 8.95 Å². The highest BCUT2D eigenvalue weighted by molar-refractivity contribution is 9.11. The zero-order chi connectivity index (χ0) is 23.3. The van der Waals surface area contributed by atoms with E-state index in [0.717, 1.165) is 20.1 Å². The van der Waals surface area contributed by atoms with E-state index in [1.807, 2.05) is 63.2 Å². The summed E-state index contributed by atoms with van der Waals surface area (Å²) in [7, 11) is 0. The number of hydrogen-bond donors (Lipinski definition) is 1. The molecule has 1 fully saturated rings. The Morgan fingerprint density at radius 1 is 1.09 bits per heavy atom. The number of Topliss-reactive ketones (excluding diaryl/α,β-unsaturated/α-hetero) is 1. The molecule has 2 aromatic carbocycles. The Bertz CT molecular complexity index is 937. The molecule has 1 saturated heterocycles. The molecular weight excluding hydrogens is 540 g/mol. The van der Waals surface area contributed by atoms with Gasteiger partial charge in [-0.3, -0.25) is 9.69 Å². The molecule has 2 aromatic rings. The Hall–Kier alpha value is -1.90. The molecule has 1 N–H and O–H groups in total. The molecule has 0 radical (unpaired) electrons. The third kappa shape index (κ3) is 6.80. The van der Waals surface area contributed by atoms with Gasteiger partial charge in [0.1, 0.15) is 24.0 Å². The third-order valence-corrected chi connectivity index (χ3v) is 6.08. The van der Waals surface area contributed by atoms with Gasteiger partial charge < -0.3 is 14.8 Å². The first-order valence-electron chi connectivity index (χ1n) is 10.5. The van der Waals surface area contributed by atoms with Crippen LogP contribution in [0.1, 0.15) is 31.9 Å². The van der Waals surface area contributed by atoms with Gasteiger partial charge in [-0.15, -0.1) is 0 Å². The second-order valence-electron chi connectivity index (χ2n) is 8.70. The first-order chi connectivity index (χ1) is 15.1. The lowest BCUT2D eigenvalue weighted by atomic mass is 10.0. The smallest absolute Gasteiger partial charge is 0.410 e. The molecule has 1 unspecified atom stereocenters. The number of piperazine rings is 1. The van der Waals surface area contributed by atoms with Crippen molar-refractivity contribution in [3.8, 4) is 5.75 Å². The summed E-state index contributed by atoms with van der Waals surface area (Å²) < 4.78 is 13.0. The molecule has 3 rings (SSSR count). The third-order valence-electron chi connectivity index (χ3n) is 4.91. The lowest BCUT2D eigenvalue weighted by Crippen LogP contribution is -2.58. The number of hydrogen-bond acceptors (Lipinski definition) is 5. The highest BCUT2D eigenvalue weighted by Gasteiger charge is 2.34. The number of ketones is 1. The van der Waals surface area contributed by atoms with E-state index in [1.54, 1.807) is 0 Å². The normalized spacial score (nSPS) is 16.5. The molecule has 0 aromatic heterocycles. The predicted octanol–water partition coefficient (Wildman–Crippen LogP) is 5.11.